The van der Waals surface area contributed by atoms with E-state index < -0.39 is 5.91 Å². The molecule has 4 N–H and O–H groups in total. The number of carbonyl (C=O) groups excluding carboxylic acids is 2. The van der Waals surface area contributed by atoms with Crippen LogP contribution < -0.4 is 11.5 Å². The number of nitrogens with zero attached hydrogens (tertiary/aromatic N) is 2. The zero-order valence-electron chi connectivity index (χ0n) is 12.6. The maximum atomic E-state index is 11.7. The lowest BCUT2D eigenvalue weighted by Gasteiger charge is -2.32. The van der Waals surface area contributed by atoms with Crippen molar-refractivity contribution in [3.05, 3.63) is 11.8 Å². The molecule has 1 aliphatic rings. The smallest absolute Gasteiger partial charge is 0.247 e. The van der Waals surface area contributed by atoms with Crippen molar-refractivity contribution in [2.24, 2.45) is 17.4 Å². The van der Waals surface area contributed by atoms with Crippen LogP contribution in [0.25, 0.3) is 0 Å². The van der Waals surface area contributed by atoms with Gasteiger partial charge >= 0.3 is 0 Å². The van der Waals surface area contributed by atoms with E-state index in [4.69, 9.17) is 11.5 Å². The van der Waals surface area contributed by atoms with Gasteiger partial charge in [0.15, 0.2) is 0 Å². The monoisotopic (exact) mass is 282 g/mol. The lowest BCUT2D eigenvalue weighted by Crippen LogP contribution is -2.41. The Morgan fingerprint density at radius 2 is 2.05 bits per heavy atom. The number of rotatable bonds is 6. The van der Waals surface area contributed by atoms with E-state index in [1.165, 1.54) is 0 Å². The van der Waals surface area contributed by atoms with Gasteiger partial charge in [-0.15, -0.1) is 0 Å². The fourth-order valence-corrected chi connectivity index (χ4v) is 2.73. The molecule has 1 heterocycles. The van der Waals surface area contributed by atoms with Crippen molar-refractivity contribution in [2.45, 2.75) is 32.2 Å². The number of likely N-dealkylation sites (tertiary alicyclic amines) is 1. The molecule has 0 spiro atoms. The van der Waals surface area contributed by atoms with Crippen LogP contribution >= 0.6 is 0 Å². The number of likely N-dealkylation sites (N-methyl/N-ethyl adjacent to an activating group) is 1. The molecule has 0 radical (unpaired) electrons. The summed E-state index contributed by atoms with van der Waals surface area (Å²) in [4.78, 5) is 27.0. The molecular weight excluding hydrogens is 256 g/mol. The molecule has 20 heavy (non-hydrogen) atoms. The Morgan fingerprint density at radius 1 is 1.40 bits per heavy atom. The van der Waals surface area contributed by atoms with Gasteiger partial charge in [-0.25, -0.2) is 0 Å². The SMILES string of the molecule is CCC(/C(=C/N1CCCC(C(N)=O)C1)C(N)=O)N(C)C. The van der Waals surface area contributed by atoms with E-state index in [9.17, 15) is 9.59 Å². The number of piperidine rings is 1. The minimum atomic E-state index is -0.410. The molecule has 0 aromatic heterocycles. The highest BCUT2D eigenvalue weighted by atomic mass is 16.1. The first-order chi connectivity index (χ1) is 9.36. The highest BCUT2D eigenvalue weighted by Crippen LogP contribution is 2.19. The summed E-state index contributed by atoms with van der Waals surface area (Å²) < 4.78 is 0. The maximum Gasteiger partial charge on any atom is 0.247 e. The van der Waals surface area contributed by atoms with E-state index in [-0.39, 0.29) is 17.9 Å². The van der Waals surface area contributed by atoms with E-state index >= 15 is 0 Å². The third-order valence-electron chi connectivity index (χ3n) is 3.83. The molecule has 0 aromatic rings. The van der Waals surface area contributed by atoms with Crippen molar-refractivity contribution in [1.82, 2.24) is 9.80 Å². The average molecular weight is 282 g/mol. The second-order valence-electron chi connectivity index (χ2n) is 5.57. The normalized spacial score (nSPS) is 21.9. The van der Waals surface area contributed by atoms with Gasteiger partial charge in [-0.3, -0.25) is 9.59 Å². The Bertz CT molecular complexity index is 393. The molecule has 0 aromatic carbocycles. The highest BCUT2D eigenvalue weighted by Gasteiger charge is 2.25. The predicted octanol–water partition coefficient (Wildman–Crippen LogP) is -0.107. The van der Waals surface area contributed by atoms with E-state index in [1.807, 2.05) is 37.0 Å². The zero-order chi connectivity index (χ0) is 15.3. The van der Waals surface area contributed by atoms with Crippen LogP contribution in [0.5, 0.6) is 0 Å². The second kappa shape index (κ2) is 7.28. The molecule has 1 rings (SSSR count). The quantitative estimate of drug-likeness (QED) is 0.665. The zero-order valence-corrected chi connectivity index (χ0v) is 12.6. The maximum absolute atomic E-state index is 11.7. The summed E-state index contributed by atoms with van der Waals surface area (Å²) in [6, 6.07) is -0.0125. The lowest BCUT2D eigenvalue weighted by molar-refractivity contribution is -0.123. The van der Waals surface area contributed by atoms with Crippen LogP contribution in [0.1, 0.15) is 26.2 Å². The first-order valence-corrected chi connectivity index (χ1v) is 7.08. The molecule has 6 nitrogen and oxygen atoms in total. The summed E-state index contributed by atoms with van der Waals surface area (Å²) in [5.41, 5.74) is 11.5. The summed E-state index contributed by atoms with van der Waals surface area (Å²) in [5, 5.41) is 0. The molecule has 1 saturated heterocycles. The summed E-state index contributed by atoms with van der Waals surface area (Å²) in [7, 11) is 3.85. The molecule has 6 heteroatoms. The third kappa shape index (κ3) is 4.23. The van der Waals surface area contributed by atoms with Crippen molar-refractivity contribution in [3.8, 4) is 0 Å². The van der Waals surface area contributed by atoms with Crippen molar-refractivity contribution < 1.29 is 9.59 Å². The number of carbonyl (C=O) groups is 2. The van der Waals surface area contributed by atoms with Crippen LogP contribution in [0.3, 0.4) is 0 Å². The molecular formula is C14H26N4O2. The number of nitrogens with two attached hydrogens (primary N) is 2. The number of amides is 2. The predicted molar refractivity (Wildman–Crippen MR) is 78.5 cm³/mol. The molecule has 0 bridgehead atoms. The minimum Gasteiger partial charge on any atom is -0.376 e. The van der Waals surface area contributed by atoms with E-state index in [0.717, 1.165) is 25.8 Å². The standard InChI is InChI=1S/C14H26N4O2/c1-4-12(17(2)3)11(14(16)20)9-18-7-5-6-10(8-18)13(15)19/h9-10,12H,4-8H2,1-3H3,(H2,15,19)(H2,16,20)/b11-9-. The van der Waals surface area contributed by atoms with Crippen molar-refractivity contribution in [1.29, 1.82) is 0 Å². The number of hydrogen-bond donors (Lipinski definition) is 2. The van der Waals surface area contributed by atoms with Gasteiger partial charge in [-0.2, -0.15) is 0 Å². The Labute approximate surface area is 120 Å². The number of primary amides is 2. The van der Waals surface area contributed by atoms with Crippen LogP contribution in [-0.4, -0.2) is 54.8 Å². The van der Waals surface area contributed by atoms with Gasteiger partial charge in [0.05, 0.1) is 5.92 Å². The largest absolute Gasteiger partial charge is 0.376 e. The summed E-state index contributed by atoms with van der Waals surface area (Å²) in [5.74, 6) is -0.830. The van der Waals surface area contributed by atoms with E-state index in [0.29, 0.717) is 12.1 Å². The van der Waals surface area contributed by atoms with E-state index in [1.54, 1.807) is 0 Å². The average Bonchev–Trinajstić information content (AvgIpc) is 2.38. The third-order valence-corrected chi connectivity index (χ3v) is 3.83. The van der Waals surface area contributed by atoms with Crippen LogP contribution in [-0.2, 0) is 9.59 Å². The van der Waals surface area contributed by atoms with Crippen molar-refractivity contribution in [2.75, 3.05) is 27.2 Å². The van der Waals surface area contributed by atoms with Gasteiger partial charge in [0.2, 0.25) is 11.8 Å². The van der Waals surface area contributed by atoms with Gasteiger partial charge in [0.1, 0.15) is 0 Å². The molecule has 2 atom stereocenters. The Morgan fingerprint density at radius 3 is 2.50 bits per heavy atom. The van der Waals surface area contributed by atoms with Crippen LogP contribution in [0.2, 0.25) is 0 Å². The molecule has 114 valence electrons. The minimum absolute atomic E-state index is 0.0125. The van der Waals surface area contributed by atoms with E-state index in [2.05, 4.69) is 0 Å². The molecule has 2 unspecified atom stereocenters. The molecule has 1 fully saturated rings. The first kappa shape index (κ1) is 16.5. The molecule has 1 aliphatic heterocycles. The van der Waals surface area contributed by atoms with Gasteiger partial charge in [0.25, 0.3) is 0 Å². The van der Waals surface area contributed by atoms with Gasteiger partial charge in [-0.1, -0.05) is 6.92 Å². The Kier molecular flexibility index (Phi) is 6.01. The number of hydrogen-bond acceptors (Lipinski definition) is 4. The summed E-state index contributed by atoms with van der Waals surface area (Å²) >= 11 is 0. The molecule has 2 amide bonds. The first-order valence-electron chi connectivity index (χ1n) is 7.08. The summed E-state index contributed by atoms with van der Waals surface area (Å²) in [6.45, 7) is 3.41. The molecule has 0 saturated carbocycles. The van der Waals surface area contributed by atoms with Crippen molar-refractivity contribution in [3.63, 3.8) is 0 Å². The fourth-order valence-electron chi connectivity index (χ4n) is 2.73. The second-order valence-corrected chi connectivity index (χ2v) is 5.57. The Hall–Kier alpha value is -1.56. The lowest BCUT2D eigenvalue weighted by atomic mass is 9.97. The van der Waals surface area contributed by atoms with Gasteiger partial charge in [-0.05, 0) is 33.4 Å². The highest BCUT2D eigenvalue weighted by molar-refractivity contribution is 5.93. The van der Waals surface area contributed by atoms with Gasteiger partial charge in [0, 0.05) is 30.9 Å². The van der Waals surface area contributed by atoms with Crippen LogP contribution in [0, 0.1) is 5.92 Å². The van der Waals surface area contributed by atoms with Crippen LogP contribution in [0.4, 0.5) is 0 Å². The summed E-state index contributed by atoms with van der Waals surface area (Å²) in [6.07, 6.45) is 4.33. The fraction of sp³-hybridized carbons (Fsp3) is 0.714. The topological polar surface area (TPSA) is 92.7 Å². The molecule has 0 aliphatic carbocycles. The van der Waals surface area contributed by atoms with Gasteiger partial charge < -0.3 is 21.3 Å². The Balaban J connectivity index is 2.90. The van der Waals surface area contributed by atoms with Crippen molar-refractivity contribution >= 4 is 11.8 Å². The van der Waals surface area contributed by atoms with Crippen LogP contribution in [0.15, 0.2) is 11.8 Å².